The molecule has 1 amide bonds. The first-order chi connectivity index (χ1) is 9.79. The second kappa shape index (κ2) is 8.34. The van der Waals surface area contributed by atoms with Gasteiger partial charge in [0.15, 0.2) is 0 Å². The molecule has 112 valence electrons. The third-order valence-electron chi connectivity index (χ3n) is 3.45. The molecule has 1 aliphatic rings. The summed E-state index contributed by atoms with van der Waals surface area (Å²) in [5.41, 5.74) is 0. The lowest BCUT2D eigenvalue weighted by Crippen LogP contribution is -2.35. The van der Waals surface area contributed by atoms with Gasteiger partial charge in [-0.2, -0.15) is 0 Å². The Morgan fingerprint density at radius 3 is 3.20 bits per heavy atom. The number of methoxy groups -OCH3 is 1. The fourth-order valence-corrected chi connectivity index (χ4v) is 2.96. The highest BCUT2D eigenvalue weighted by Gasteiger charge is 2.22. The summed E-state index contributed by atoms with van der Waals surface area (Å²) in [6.07, 6.45) is 4.48. The number of carbonyl (C=O) groups is 1. The van der Waals surface area contributed by atoms with E-state index in [1.54, 1.807) is 24.6 Å². The van der Waals surface area contributed by atoms with Crippen LogP contribution in [-0.4, -0.2) is 49.3 Å². The number of carbonyl (C=O) groups excluding carboxylic acids is 1. The first-order valence-electron chi connectivity index (χ1n) is 7.02. The van der Waals surface area contributed by atoms with E-state index in [0.29, 0.717) is 38.6 Å². The third kappa shape index (κ3) is 4.85. The van der Waals surface area contributed by atoms with Crippen LogP contribution in [0, 0.1) is 5.92 Å². The van der Waals surface area contributed by atoms with E-state index in [2.05, 4.69) is 4.98 Å². The zero-order valence-electron chi connectivity index (χ0n) is 11.9. The quantitative estimate of drug-likeness (QED) is 0.772. The second-order valence-corrected chi connectivity index (χ2v) is 6.00. The maximum atomic E-state index is 12.4. The van der Waals surface area contributed by atoms with Gasteiger partial charge >= 0.3 is 0 Å². The van der Waals surface area contributed by atoms with Crippen LogP contribution in [0.1, 0.15) is 24.3 Å². The SMILES string of the molecule is COCCN(Cc1nccs1)C(=O)C[C@H]1CCCOC1. The maximum Gasteiger partial charge on any atom is 0.223 e. The molecule has 5 nitrogen and oxygen atoms in total. The minimum absolute atomic E-state index is 0.174. The van der Waals surface area contributed by atoms with Crippen molar-refractivity contribution in [1.82, 2.24) is 9.88 Å². The standard InChI is InChI=1S/C14H22N2O3S/c1-18-7-5-16(10-13-15-4-8-20-13)14(17)9-12-3-2-6-19-11-12/h4,8,12H,2-3,5-7,9-11H2,1H3/t12-/m1/s1. The summed E-state index contributed by atoms with van der Waals surface area (Å²) >= 11 is 1.58. The fraction of sp³-hybridized carbons (Fsp3) is 0.714. The minimum atomic E-state index is 0.174. The Morgan fingerprint density at radius 1 is 1.65 bits per heavy atom. The summed E-state index contributed by atoms with van der Waals surface area (Å²) in [7, 11) is 1.65. The van der Waals surface area contributed by atoms with E-state index in [9.17, 15) is 4.79 Å². The van der Waals surface area contributed by atoms with Crippen molar-refractivity contribution in [2.24, 2.45) is 5.92 Å². The predicted octanol–water partition coefficient (Wildman–Crippen LogP) is 1.93. The molecule has 1 aromatic heterocycles. The van der Waals surface area contributed by atoms with Crippen molar-refractivity contribution >= 4 is 17.2 Å². The number of thiazole rings is 1. The van der Waals surface area contributed by atoms with Gasteiger partial charge in [-0.25, -0.2) is 4.98 Å². The molecule has 1 fully saturated rings. The predicted molar refractivity (Wildman–Crippen MR) is 77.6 cm³/mol. The molecule has 1 aromatic rings. The van der Waals surface area contributed by atoms with Crippen molar-refractivity contribution < 1.29 is 14.3 Å². The first-order valence-corrected chi connectivity index (χ1v) is 7.90. The van der Waals surface area contributed by atoms with Crippen molar-refractivity contribution in [3.8, 4) is 0 Å². The number of rotatable bonds is 7. The highest BCUT2D eigenvalue weighted by atomic mass is 32.1. The summed E-state index contributed by atoms with van der Waals surface area (Å²) in [5.74, 6) is 0.533. The molecule has 6 heteroatoms. The van der Waals surface area contributed by atoms with Crippen LogP contribution in [0.2, 0.25) is 0 Å². The van der Waals surface area contributed by atoms with Crippen LogP contribution in [0.5, 0.6) is 0 Å². The van der Waals surface area contributed by atoms with Gasteiger partial charge in [0.05, 0.1) is 13.2 Å². The molecule has 20 heavy (non-hydrogen) atoms. The van der Waals surface area contributed by atoms with Crippen molar-refractivity contribution in [1.29, 1.82) is 0 Å². The number of nitrogens with zero attached hydrogens (tertiary/aromatic N) is 2. The van der Waals surface area contributed by atoms with Crippen LogP contribution in [0.3, 0.4) is 0 Å². The van der Waals surface area contributed by atoms with Gasteiger partial charge in [-0.3, -0.25) is 4.79 Å². The number of ether oxygens (including phenoxy) is 2. The molecule has 1 aliphatic heterocycles. The topological polar surface area (TPSA) is 51.7 Å². The van der Waals surface area contributed by atoms with Gasteiger partial charge in [-0.05, 0) is 18.8 Å². The van der Waals surface area contributed by atoms with E-state index >= 15 is 0 Å². The van der Waals surface area contributed by atoms with Crippen LogP contribution >= 0.6 is 11.3 Å². The molecule has 0 N–H and O–H groups in total. The normalized spacial score (nSPS) is 18.9. The Bertz CT molecular complexity index is 391. The molecule has 1 saturated heterocycles. The molecule has 2 heterocycles. The van der Waals surface area contributed by atoms with Crippen LogP contribution in [0.15, 0.2) is 11.6 Å². The Morgan fingerprint density at radius 2 is 2.55 bits per heavy atom. The number of amides is 1. The Hall–Kier alpha value is -0.980. The van der Waals surface area contributed by atoms with Crippen molar-refractivity contribution in [2.75, 3.05) is 33.5 Å². The van der Waals surface area contributed by atoms with E-state index in [4.69, 9.17) is 9.47 Å². The lowest BCUT2D eigenvalue weighted by Gasteiger charge is -2.26. The monoisotopic (exact) mass is 298 g/mol. The lowest BCUT2D eigenvalue weighted by atomic mass is 9.98. The van der Waals surface area contributed by atoms with Gasteiger partial charge in [0.2, 0.25) is 5.91 Å². The number of hydrogen-bond acceptors (Lipinski definition) is 5. The van der Waals surface area contributed by atoms with Crippen molar-refractivity contribution in [3.05, 3.63) is 16.6 Å². The van der Waals surface area contributed by atoms with Crippen LogP contribution < -0.4 is 0 Å². The number of hydrogen-bond donors (Lipinski definition) is 0. The molecule has 0 radical (unpaired) electrons. The molecular weight excluding hydrogens is 276 g/mol. The average molecular weight is 298 g/mol. The van der Waals surface area contributed by atoms with Gasteiger partial charge in [-0.15, -0.1) is 11.3 Å². The van der Waals surface area contributed by atoms with Gasteiger partial charge in [0, 0.05) is 44.9 Å². The van der Waals surface area contributed by atoms with E-state index in [-0.39, 0.29) is 5.91 Å². The number of aromatic nitrogens is 1. The molecule has 0 spiro atoms. The summed E-state index contributed by atoms with van der Waals surface area (Å²) < 4.78 is 10.5. The fourth-order valence-electron chi connectivity index (χ4n) is 2.33. The van der Waals surface area contributed by atoms with Crippen LogP contribution in [0.25, 0.3) is 0 Å². The van der Waals surface area contributed by atoms with Gasteiger partial charge in [0.1, 0.15) is 5.01 Å². The Balaban J connectivity index is 1.88. The summed E-state index contributed by atoms with van der Waals surface area (Å²) in [6, 6.07) is 0. The molecular formula is C14H22N2O3S. The third-order valence-corrected chi connectivity index (χ3v) is 4.21. The highest BCUT2D eigenvalue weighted by Crippen LogP contribution is 2.19. The average Bonchev–Trinajstić information content (AvgIpc) is 2.97. The maximum absolute atomic E-state index is 12.4. The highest BCUT2D eigenvalue weighted by molar-refractivity contribution is 7.09. The van der Waals surface area contributed by atoms with E-state index in [1.807, 2.05) is 10.3 Å². The van der Waals surface area contributed by atoms with Gasteiger partial charge in [0.25, 0.3) is 0 Å². The summed E-state index contributed by atoms with van der Waals surface area (Å²) in [6.45, 7) is 3.28. The first kappa shape index (κ1) is 15.4. The molecule has 1 atom stereocenters. The van der Waals surface area contributed by atoms with E-state index in [0.717, 1.165) is 24.5 Å². The largest absolute Gasteiger partial charge is 0.383 e. The lowest BCUT2D eigenvalue weighted by molar-refractivity contribution is -0.134. The van der Waals surface area contributed by atoms with Crippen molar-refractivity contribution in [2.45, 2.75) is 25.8 Å². The zero-order chi connectivity index (χ0) is 14.2. The Kier molecular flexibility index (Phi) is 6.42. The second-order valence-electron chi connectivity index (χ2n) is 5.02. The van der Waals surface area contributed by atoms with E-state index in [1.165, 1.54) is 0 Å². The molecule has 0 aliphatic carbocycles. The molecule has 2 rings (SSSR count). The van der Waals surface area contributed by atoms with Crippen LogP contribution in [-0.2, 0) is 20.8 Å². The summed E-state index contributed by atoms with van der Waals surface area (Å²) in [5, 5.41) is 2.90. The zero-order valence-corrected chi connectivity index (χ0v) is 12.7. The Labute approximate surface area is 123 Å². The molecule has 0 unspecified atom stereocenters. The van der Waals surface area contributed by atoms with Crippen molar-refractivity contribution in [3.63, 3.8) is 0 Å². The van der Waals surface area contributed by atoms with Crippen LogP contribution in [0.4, 0.5) is 0 Å². The molecule has 0 aromatic carbocycles. The minimum Gasteiger partial charge on any atom is -0.383 e. The van der Waals surface area contributed by atoms with Gasteiger partial charge in [-0.1, -0.05) is 0 Å². The molecule has 0 saturated carbocycles. The molecule has 0 bridgehead atoms. The smallest absolute Gasteiger partial charge is 0.223 e. The summed E-state index contributed by atoms with van der Waals surface area (Å²) in [4.78, 5) is 18.5. The van der Waals surface area contributed by atoms with Gasteiger partial charge < -0.3 is 14.4 Å². The van der Waals surface area contributed by atoms with E-state index < -0.39 is 0 Å².